The first-order chi connectivity index (χ1) is 8.90. The summed E-state index contributed by atoms with van der Waals surface area (Å²) in [5, 5.41) is 0. The number of anilines is 1. The lowest BCUT2D eigenvalue weighted by atomic mass is 9.96. The maximum atomic E-state index is 13.3. The molecule has 0 amide bonds. The average molecular weight is 265 g/mol. The molecule has 4 heteroatoms. The van der Waals surface area contributed by atoms with Crippen molar-refractivity contribution in [1.82, 2.24) is 0 Å². The van der Waals surface area contributed by atoms with Crippen LogP contribution in [0.2, 0.25) is 0 Å². The molecule has 2 aromatic rings. The van der Waals surface area contributed by atoms with Gasteiger partial charge in [-0.15, -0.1) is 0 Å². The zero-order valence-electron chi connectivity index (χ0n) is 10.7. The fourth-order valence-electron chi connectivity index (χ4n) is 1.89. The van der Waals surface area contributed by atoms with Crippen LogP contribution in [0, 0.1) is 17.5 Å². The van der Waals surface area contributed by atoms with Crippen LogP contribution in [0.1, 0.15) is 25.3 Å². The van der Waals surface area contributed by atoms with Crippen molar-refractivity contribution in [2.24, 2.45) is 0 Å². The zero-order valence-corrected chi connectivity index (χ0v) is 10.7. The van der Waals surface area contributed by atoms with Crippen LogP contribution in [0.3, 0.4) is 0 Å². The second-order valence-corrected chi connectivity index (χ2v) is 4.76. The van der Waals surface area contributed by atoms with E-state index >= 15 is 0 Å². The molecule has 19 heavy (non-hydrogen) atoms. The van der Waals surface area contributed by atoms with Gasteiger partial charge < -0.3 is 5.73 Å². The van der Waals surface area contributed by atoms with E-state index in [4.69, 9.17) is 5.73 Å². The SMILES string of the molecule is CC(C)c1ccc(N)c(-c2cc(F)c(F)c(F)c2)c1. The third kappa shape index (κ3) is 2.57. The highest BCUT2D eigenvalue weighted by molar-refractivity contribution is 5.77. The van der Waals surface area contributed by atoms with Crippen LogP contribution >= 0.6 is 0 Å². The summed E-state index contributed by atoms with van der Waals surface area (Å²) >= 11 is 0. The summed E-state index contributed by atoms with van der Waals surface area (Å²) in [5.74, 6) is -3.65. The molecule has 0 unspecified atom stereocenters. The topological polar surface area (TPSA) is 26.0 Å². The second kappa shape index (κ2) is 4.96. The van der Waals surface area contributed by atoms with Crippen LogP contribution < -0.4 is 5.73 Å². The lowest BCUT2D eigenvalue weighted by molar-refractivity contribution is 0.448. The van der Waals surface area contributed by atoms with E-state index < -0.39 is 17.5 Å². The summed E-state index contributed by atoms with van der Waals surface area (Å²) in [6, 6.07) is 7.22. The second-order valence-electron chi connectivity index (χ2n) is 4.76. The molecule has 0 radical (unpaired) electrons. The van der Waals surface area contributed by atoms with Crippen LogP contribution in [-0.2, 0) is 0 Å². The summed E-state index contributed by atoms with van der Waals surface area (Å²) in [7, 11) is 0. The summed E-state index contributed by atoms with van der Waals surface area (Å²) in [4.78, 5) is 0. The van der Waals surface area contributed by atoms with Gasteiger partial charge in [-0.05, 0) is 41.3 Å². The Labute approximate surface area is 109 Å². The molecule has 0 spiro atoms. The Morgan fingerprint density at radius 2 is 1.53 bits per heavy atom. The van der Waals surface area contributed by atoms with Gasteiger partial charge in [0.2, 0.25) is 0 Å². The van der Waals surface area contributed by atoms with Crippen LogP contribution in [0.5, 0.6) is 0 Å². The molecule has 0 saturated heterocycles. The number of halogens is 3. The quantitative estimate of drug-likeness (QED) is 0.629. The Kier molecular flexibility index (Phi) is 3.51. The van der Waals surface area contributed by atoms with Crippen molar-refractivity contribution in [2.45, 2.75) is 19.8 Å². The molecule has 0 saturated carbocycles. The molecule has 0 atom stereocenters. The van der Waals surface area contributed by atoms with Crippen LogP contribution in [0.25, 0.3) is 11.1 Å². The molecule has 2 rings (SSSR count). The molecular formula is C15H14F3N. The molecule has 0 aliphatic rings. The largest absolute Gasteiger partial charge is 0.398 e. The molecule has 1 nitrogen and oxygen atoms in total. The number of hydrogen-bond acceptors (Lipinski definition) is 1. The molecule has 0 fully saturated rings. The molecule has 0 aromatic heterocycles. The van der Waals surface area contributed by atoms with Crippen LogP contribution in [-0.4, -0.2) is 0 Å². The van der Waals surface area contributed by atoms with E-state index in [1.807, 2.05) is 19.9 Å². The van der Waals surface area contributed by atoms with Crippen molar-refractivity contribution < 1.29 is 13.2 Å². The summed E-state index contributed by atoms with van der Waals surface area (Å²) < 4.78 is 39.5. The summed E-state index contributed by atoms with van der Waals surface area (Å²) in [6.07, 6.45) is 0. The standard InChI is InChI=1S/C15H14F3N/c1-8(2)9-3-4-14(19)11(5-9)10-6-12(16)15(18)13(17)7-10/h3-8H,19H2,1-2H3. The van der Waals surface area contributed by atoms with Gasteiger partial charge in [0.05, 0.1) is 0 Å². The Hall–Kier alpha value is -1.97. The number of nitrogens with two attached hydrogens (primary N) is 1. The fourth-order valence-corrected chi connectivity index (χ4v) is 1.89. The molecule has 0 bridgehead atoms. The third-order valence-electron chi connectivity index (χ3n) is 3.04. The van der Waals surface area contributed by atoms with E-state index in [0.29, 0.717) is 11.3 Å². The third-order valence-corrected chi connectivity index (χ3v) is 3.04. The highest BCUT2D eigenvalue weighted by atomic mass is 19.2. The van der Waals surface area contributed by atoms with Gasteiger partial charge in [-0.25, -0.2) is 13.2 Å². The number of nitrogen functional groups attached to an aromatic ring is 1. The first-order valence-electron chi connectivity index (χ1n) is 5.94. The van der Waals surface area contributed by atoms with Crippen molar-refractivity contribution in [3.05, 3.63) is 53.3 Å². The summed E-state index contributed by atoms with van der Waals surface area (Å²) in [5.41, 5.74) is 7.95. The van der Waals surface area contributed by atoms with Gasteiger partial charge >= 0.3 is 0 Å². The minimum absolute atomic E-state index is 0.233. The summed E-state index contributed by atoms with van der Waals surface area (Å²) in [6.45, 7) is 4.00. The average Bonchev–Trinajstić information content (AvgIpc) is 2.35. The molecular weight excluding hydrogens is 251 g/mol. The van der Waals surface area contributed by atoms with E-state index in [0.717, 1.165) is 17.7 Å². The van der Waals surface area contributed by atoms with Gasteiger partial charge in [0.25, 0.3) is 0 Å². The predicted octanol–water partition coefficient (Wildman–Crippen LogP) is 4.48. The molecule has 100 valence electrons. The van der Waals surface area contributed by atoms with Crippen molar-refractivity contribution >= 4 is 5.69 Å². The zero-order chi connectivity index (χ0) is 14.2. The van der Waals surface area contributed by atoms with Gasteiger partial charge in [-0.3, -0.25) is 0 Å². The van der Waals surface area contributed by atoms with Crippen LogP contribution in [0.4, 0.5) is 18.9 Å². The van der Waals surface area contributed by atoms with Crippen molar-refractivity contribution in [3.63, 3.8) is 0 Å². The monoisotopic (exact) mass is 265 g/mol. The van der Waals surface area contributed by atoms with Crippen molar-refractivity contribution in [2.75, 3.05) is 5.73 Å². The van der Waals surface area contributed by atoms with Crippen molar-refractivity contribution in [3.8, 4) is 11.1 Å². The lowest BCUT2D eigenvalue weighted by Crippen LogP contribution is -1.97. The van der Waals surface area contributed by atoms with Gasteiger partial charge in [0.1, 0.15) is 0 Å². The van der Waals surface area contributed by atoms with Crippen molar-refractivity contribution in [1.29, 1.82) is 0 Å². The number of benzene rings is 2. The van der Waals surface area contributed by atoms with Crippen LogP contribution in [0.15, 0.2) is 30.3 Å². The van der Waals surface area contributed by atoms with Gasteiger partial charge in [0, 0.05) is 11.3 Å². The van der Waals surface area contributed by atoms with Gasteiger partial charge in [-0.1, -0.05) is 19.9 Å². The maximum absolute atomic E-state index is 13.3. The first-order valence-corrected chi connectivity index (χ1v) is 5.94. The van der Waals surface area contributed by atoms with E-state index in [9.17, 15) is 13.2 Å². The van der Waals surface area contributed by atoms with E-state index in [1.54, 1.807) is 12.1 Å². The Balaban J connectivity index is 2.61. The molecule has 0 aliphatic carbocycles. The molecule has 0 aliphatic heterocycles. The predicted molar refractivity (Wildman–Crippen MR) is 70.3 cm³/mol. The highest BCUT2D eigenvalue weighted by Gasteiger charge is 2.14. The van der Waals surface area contributed by atoms with Gasteiger partial charge in [-0.2, -0.15) is 0 Å². The lowest BCUT2D eigenvalue weighted by Gasteiger charge is -2.12. The molecule has 0 heterocycles. The number of hydrogen-bond donors (Lipinski definition) is 1. The first kappa shape index (κ1) is 13.5. The smallest absolute Gasteiger partial charge is 0.194 e. The fraction of sp³-hybridized carbons (Fsp3) is 0.200. The minimum atomic E-state index is -1.47. The van der Waals surface area contributed by atoms with E-state index in [2.05, 4.69) is 0 Å². The maximum Gasteiger partial charge on any atom is 0.194 e. The highest BCUT2D eigenvalue weighted by Crippen LogP contribution is 2.31. The minimum Gasteiger partial charge on any atom is -0.398 e. The normalized spacial score (nSPS) is 11.1. The van der Waals surface area contributed by atoms with Gasteiger partial charge in [0.15, 0.2) is 17.5 Å². The molecule has 2 N–H and O–H groups in total. The molecule has 2 aromatic carbocycles. The van der Waals surface area contributed by atoms with E-state index in [-0.39, 0.29) is 11.5 Å². The Bertz CT molecular complexity index is 598. The Morgan fingerprint density at radius 1 is 0.947 bits per heavy atom. The Morgan fingerprint density at radius 3 is 2.05 bits per heavy atom. The number of rotatable bonds is 2. The van der Waals surface area contributed by atoms with E-state index in [1.165, 1.54) is 0 Å².